The molecular formula is C35H36N4O3. The first-order chi connectivity index (χ1) is 20.5. The molecule has 1 saturated heterocycles. The SMILES string of the molecule is Cc1c(C(=O)NCCCN2CCCC2)[nH]c(C(=C2CNc3ccccc32)C2C=CC=CC2=O)c1C(=O)c1ccccc1. The van der Waals surface area contributed by atoms with Gasteiger partial charge in [-0.2, -0.15) is 0 Å². The van der Waals surface area contributed by atoms with Crippen molar-refractivity contribution in [1.82, 2.24) is 15.2 Å². The second-order valence-electron chi connectivity index (χ2n) is 11.1. The zero-order valence-corrected chi connectivity index (χ0v) is 23.9. The number of rotatable bonds is 9. The summed E-state index contributed by atoms with van der Waals surface area (Å²) in [7, 11) is 0. The number of fused-ring (bicyclic) bond motifs is 1. The average Bonchev–Trinajstić information content (AvgIpc) is 3.76. The van der Waals surface area contributed by atoms with E-state index >= 15 is 0 Å². The van der Waals surface area contributed by atoms with Crippen LogP contribution in [-0.2, 0) is 4.79 Å². The molecule has 1 fully saturated rings. The largest absolute Gasteiger partial charge is 0.380 e. The molecule has 1 aromatic heterocycles. The molecule has 2 aromatic carbocycles. The molecule has 0 radical (unpaired) electrons. The lowest BCUT2D eigenvalue weighted by atomic mass is 9.82. The molecule has 1 amide bonds. The van der Waals surface area contributed by atoms with Crippen LogP contribution in [0.5, 0.6) is 0 Å². The minimum atomic E-state index is -0.602. The Morgan fingerprint density at radius 2 is 1.74 bits per heavy atom. The quantitative estimate of drug-likeness (QED) is 0.240. The van der Waals surface area contributed by atoms with E-state index in [1.54, 1.807) is 24.3 Å². The summed E-state index contributed by atoms with van der Waals surface area (Å²) in [4.78, 5) is 46.9. The van der Waals surface area contributed by atoms with Gasteiger partial charge in [0.1, 0.15) is 5.69 Å². The van der Waals surface area contributed by atoms with Crippen molar-refractivity contribution in [2.24, 2.45) is 5.92 Å². The molecule has 42 heavy (non-hydrogen) atoms. The zero-order chi connectivity index (χ0) is 29.1. The molecule has 1 unspecified atom stereocenters. The van der Waals surface area contributed by atoms with Gasteiger partial charge in [-0.1, -0.05) is 66.8 Å². The lowest BCUT2D eigenvalue weighted by Crippen LogP contribution is -2.29. The molecule has 3 N–H and O–H groups in total. The van der Waals surface area contributed by atoms with Crippen LogP contribution in [0.2, 0.25) is 0 Å². The highest BCUT2D eigenvalue weighted by Gasteiger charge is 2.34. The average molecular weight is 561 g/mol. The fourth-order valence-corrected chi connectivity index (χ4v) is 6.32. The number of carbonyl (C=O) groups excluding carboxylic acids is 3. The Balaban J connectivity index is 1.45. The number of para-hydroxylation sites is 1. The topological polar surface area (TPSA) is 94.3 Å². The summed E-state index contributed by atoms with van der Waals surface area (Å²) in [6.45, 7) is 6.07. The van der Waals surface area contributed by atoms with E-state index in [1.165, 1.54) is 12.8 Å². The first kappa shape index (κ1) is 27.7. The van der Waals surface area contributed by atoms with Crippen molar-refractivity contribution in [2.45, 2.75) is 26.2 Å². The van der Waals surface area contributed by atoms with Crippen LogP contribution in [0.3, 0.4) is 0 Å². The van der Waals surface area contributed by atoms with Crippen molar-refractivity contribution in [3.63, 3.8) is 0 Å². The van der Waals surface area contributed by atoms with Crippen molar-refractivity contribution in [3.05, 3.63) is 113 Å². The van der Waals surface area contributed by atoms with Crippen molar-refractivity contribution in [2.75, 3.05) is 38.0 Å². The van der Waals surface area contributed by atoms with Gasteiger partial charge in [0.25, 0.3) is 5.91 Å². The molecule has 7 nitrogen and oxygen atoms in total. The predicted octanol–water partition coefficient (Wildman–Crippen LogP) is 5.42. The molecule has 3 heterocycles. The van der Waals surface area contributed by atoms with E-state index in [-0.39, 0.29) is 17.5 Å². The highest BCUT2D eigenvalue weighted by Crippen LogP contribution is 2.42. The third kappa shape index (κ3) is 5.40. The zero-order valence-electron chi connectivity index (χ0n) is 23.9. The Morgan fingerprint density at radius 3 is 2.52 bits per heavy atom. The molecule has 1 atom stereocenters. The molecule has 214 valence electrons. The molecule has 3 aromatic rings. The number of carbonyl (C=O) groups is 3. The number of nitrogens with one attached hydrogen (secondary N) is 3. The van der Waals surface area contributed by atoms with Gasteiger partial charge in [0.05, 0.1) is 17.2 Å². The summed E-state index contributed by atoms with van der Waals surface area (Å²) in [6, 6.07) is 17.1. The van der Waals surface area contributed by atoms with Gasteiger partial charge in [-0.25, -0.2) is 0 Å². The number of amides is 1. The van der Waals surface area contributed by atoms with E-state index < -0.39 is 5.92 Å². The maximum absolute atomic E-state index is 14.1. The number of aromatic amines is 1. The van der Waals surface area contributed by atoms with Gasteiger partial charge in [0.2, 0.25) is 0 Å². The van der Waals surface area contributed by atoms with Gasteiger partial charge in [-0.15, -0.1) is 0 Å². The van der Waals surface area contributed by atoms with Crippen molar-refractivity contribution < 1.29 is 14.4 Å². The van der Waals surface area contributed by atoms with Crippen LogP contribution in [0.15, 0.2) is 78.9 Å². The molecule has 3 aliphatic rings. The highest BCUT2D eigenvalue weighted by atomic mass is 16.2. The van der Waals surface area contributed by atoms with Gasteiger partial charge in [-0.3, -0.25) is 14.4 Å². The smallest absolute Gasteiger partial charge is 0.268 e. The summed E-state index contributed by atoms with van der Waals surface area (Å²) in [5.74, 6) is -1.10. The first-order valence-electron chi connectivity index (χ1n) is 14.8. The van der Waals surface area contributed by atoms with Crippen LogP contribution in [0.1, 0.15) is 62.5 Å². The fraction of sp³-hybridized carbons (Fsp3) is 0.286. The Bertz CT molecular complexity index is 1610. The first-order valence-corrected chi connectivity index (χ1v) is 14.8. The number of nitrogens with zero attached hydrogens (tertiary/aromatic N) is 1. The third-order valence-corrected chi connectivity index (χ3v) is 8.47. The number of hydrogen-bond donors (Lipinski definition) is 3. The second-order valence-corrected chi connectivity index (χ2v) is 11.1. The monoisotopic (exact) mass is 560 g/mol. The van der Waals surface area contributed by atoms with Crippen molar-refractivity contribution >= 4 is 34.3 Å². The van der Waals surface area contributed by atoms with Crippen LogP contribution in [0.25, 0.3) is 11.1 Å². The van der Waals surface area contributed by atoms with Gasteiger partial charge in [0.15, 0.2) is 11.6 Å². The summed E-state index contributed by atoms with van der Waals surface area (Å²) in [5.41, 5.74) is 6.02. The lowest BCUT2D eigenvalue weighted by molar-refractivity contribution is -0.115. The predicted molar refractivity (Wildman–Crippen MR) is 167 cm³/mol. The molecule has 2 aliphatic heterocycles. The van der Waals surface area contributed by atoms with Gasteiger partial charge in [-0.05, 0) is 74.7 Å². The van der Waals surface area contributed by atoms with E-state index in [9.17, 15) is 14.4 Å². The lowest BCUT2D eigenvalue weighted by Gasteiger charge is -2.20. The van der Waals surface area contributed by atoms with Crippen molar-refractivity contribution in [3.8, 4) is 0 Å². The van der Waals surface area contributed by atoms with Gasteiger partial charge in [0, 0.05) is 29.9 Å². The van der Waals surface area contributed by atoms with Crippen LogP contribution in [0.4, 0.5) is 5.69 Å². The Kier molecular flexibility index (Phi) is 8.02. The number of H-pyrrole nitrogens is 1. The summed E-state index contributed by atoms with van der Waals surface area (Å²) < 4.78 is 0. The number of allylic oxidation sites excluding steroid dienone is 5. The Morgan fingerprint density at radius 1 is 0.976 bits per heavy atom. The number of benzene rings is 2. The van der Waals surface area contributed by atoms with E-state index in [0.29, 0.717) is 46.7 Å². The molecule has 1 aliphatic carbocycles. The van der Waals surface area contributed by atoms with Crippen molar-refractivity contribution in [1.29, 1.82) is 0 Å². The maximum atomic E-state index is 14.1. The molecular weight excluding hydrogens is 524 g/mol. The molecule has 6 rings (SSSR count). The summed E-state index contributed by atoms with van der Waals surface area (Å²) in [5, 5.41) is 6.51. The van der Waals surface area contributed by atoms with Crippen LogP contribution >= 0.6 is 0 Å². The van der Waals surface area contributed by atoms with Gasteiger partial charge < -0.3 is 20.5 Å². The van der Waals surface area contributed by atoms with E-state index in [0.717, 1.165) is 42.9 Å². The summed E-state index contributed by atoms with van der Waals surface area (Å²) >= 11 is 0. The normalized spacial score (nSPS) is 19.1. The third-order valence-electron chi connectivity index (χ3n) is 8.47. The Hall–Kier alpha value is -4.49. The maximum Gasteiger partial charge on any atom is 0.268 e. The minimum Gasteiger partial charge on any atom is -0.380 e. The van der Waals surface area contributed by atoms with Crippen LogP contribution < -0.4 is 10.6 Å². The number of likely N-dealkylation sites (tertiary alicyclic amines) is 1. The molecule has 7 heteroatoms. The van der Waals surface area contributed by atoms with E-state index in [2.05, 4.69) is 20.5 Å². The van der Waals surface area contributed by atoms with E-state index in [4.69, 9.17) is 0 Å². The summed E-state index contributed by atoms with van der Waals surface area (Å²) in [6.07, 6.45) is 10.4. The second kappa shape index (κ2) is 12.2. The standard InChI is InChI=1S/C35H36N4O3/c1-23-30(34(41)24-12-3-2-4-13-24)33(38-32(23)35(42)36-18-11-21-39-19-9-10-20-39)31(26-15-6-8-17-29(26)40)27-22-37-28-16-7-5-14-25(27)28/h2-8,12-17,26,37-38H,9-11,18-22H2,1H3,(H,36,42). The van der Waals surface area contributed by atoms with Crippen LogP contribution in [-0.4, -0.2) is 60.1 Å². The highest BCUT2D eigenvalue weighted by molar-refractivity contribution is 6.18. The number of hydrogen-bond acceptors (Lipinski definition) is 5. The number of aromatic nitrogens is 1. The molecule has 0 saturated carbocycles. The van der Waals surface area contributed by atoms with Crippen LogP contribution in [0, 0.1) is 12.8 Å². The van der Waals surface area contributed by atoms with E-state index in [1.807, 2.05) is 61.5 Å². The fourth-order valence-electron chi connectivity index (χ4n) is 6.32. The molecule has 0 bridgehead atoms. The number of anilines is 1. The number of ketones is 2. The van der Waals surface area contributed by atoms with Gasteiger partial charge >= 0.3 is 0 Å². The Labute approximate surface area is 246 Å². The molecule has 0 spiro atoms. The minimum absolute atomic E-state index is 0.0670.